The number of halogens is 2. The van der Waals surface area contributed by atoms with Crippen LogP contribution in [0.2, 0.25) is 10.0 Å². The number of hydrogen-bond donors (Lipinski definition) is 0. The molecule has 0 aliphatic heterocycles. The largest absolute Gasteiger partial charge is 0.460 e. The van der Waals surface area contributed by atoms with Gasteiger partial charge in [0.15, 0.2) is 0 Å². The summed E-state index contributed by atoms with van der Waals surface area (Å²) in [4.78, 5) is 22.7. The number of hydrogen-bond acceptors (Lipinski definition) is 7. The van der Waals surface area contributed by atoms with Crippen molar-refractivity contribution in [3.05, 3.63) is 47.0 Å². The lowest BCUT2D eigenvalue weighted by molar-refractivity contribution is -0.154. The molecule has 3 aromatic rings. The summed E-state index contributed by atoms with van der Waals surface area (Å²) in [7, 11) is -1.74. The molecule has 0 aliphatic carbocycles. The summed E-state index contributed by atoms with van der Waals surface area (Å²) in [5.74, 6) is 0.123. The Kier molecular flexibility index (Phi) is 8.31. The van der Waals surface area contributed by atoms with E-state index < -0.39 is 21.6 Å². The van der Waals surface area contributed by atoms with Gasteiger partial charge in [-0.15, -0.1) is 0 Å². The minimum atomic E-state index is -3.55. The van der Waals surface area contributed by atoms with Crippen LogP contribution in [0.4, 0.5) is 5.82 Å². The van der Waals surface area contributed by atoms with Gasteiger partial charge in [-0.3, -0.25) is 4.79 Å². The van der Waals surface area contributed by atoms with Gasteiger partial charge in [-0.05, 0) is 32.9 Å². The standard InChI is InChI=1S/C23H29Cl2N5O4S/c1-23(2,3)34-20(31)8-10-30(35(5,32)33)13-12-28(4)19-14-18(29-11-9-26-15-29)16-6-7-17(24)21(25)22(16)27-19/h6-7,9,11,14-15H,8,10,12-13H2,1-5H3. The maximum absolute atomic E-state index is 12.3. The molecule has 0 N–H and O–H groups in total. The molecule has 0 amide bonds. The lowest BCUT2D eigenvalue weighted by Gasteiger charge is -2.26. The molecule has 0 spiro atoms. The summed E-state index contributed by atoms with van der Waals surface area (Å²) in [6, 6.07) is 5.43. The highest BCUT2D eigenvalue weighted by atomic mass is 35.5. The Morgan fingerprint density at radius 1 is 1.17 bits per heavy atom. The molecule has 0 aliphatic rings. The van der Waals surface area contributed by atoms with E-state index in [-0.39, 0.29) is 19.5 Å². The number of nitrogens with zero attached hydrogens (tertiary/aromatic N) is 5. The van der Waals surface area contributed by atoms with Crippen LogP contribution in [0.3, 0.4) is 0 Å². The molecule has 0 saturated heterocycles. The molecule has 9 nitrogen and oxygen atoms in total. The van der Waals surface area contributed by atoms with Crippen LogP contribution in [-0.2, 0) is 19.6 Å². The molecule has 2 aromatic heterocycles. The molecule has 0 saturated carbocycles. The van der Waals surface area contributed by atoms with Crippen LogP contribution in [0.5, 0.6) is 0 Å². The average molecular weight is 542 g/mol. The fourth-order valence-corrected chi connectivity index (χ4v) is 4.64. The first-order chi connectivity index (χ1) is 16.3. The Hall–Kier alpha value is -2.40. The minimum Gasteiger partial charge on any atom is -0.460 e. The predicted molar refractivity (Wildman–Crippen MR) is 139 cm³/mol. The molecule has 12 heteroatoms. The number of imidazole rings is 1. The van der Waals surface area contributed by atoms with Gasteiger partial charge in [-0.25, -0.2) is 18.4 Å². The molecule has 0 bridgehead atoms. The summed E-state index contributed by atoms with van der Waals surface area (Å²) >= 11 is 12.7. The predicted octanol–water partition coefficient (Wildman–Crippen LogP) is 4.16. The zero-order valence-corrected chi connectivity index (χ0v) is 22.7. The number of fused-ring (bicyclic) bond motifs is 1. The maximum atomic E-state index is 12.3. The Morgan fingerprint density at radius 2 is 1.89 bits per heavy atom. The van der Waals surface area contributed by atoms with Gasteiger partial charge in [0, 0.05) is 50.5 Å². The van der Waals surface area contributed by atoms with E-state index in [4.69, 9.17) is 32.9 Å². The van der Waals surface area contributed by atoms with Crippen molar-refractivity contribution in [2.24, 2.45) is 0 Å². The minimum absolute atomic E-state index is 0.0223. The van der Waals surface area contributed by atoms with Crippen LogP contribution >= 0.6 is 23.2 Å². The van der Waals surface area contributed by atoms with E-state index in [9.17, 15) is 13.2 Å². The SMILES string of the molecule is CN(CCN(CCC(=O)OC(C)(C)C)S(C)(=O)=O)c1cc(-n2ccnc2)c2ccc(Cl)c(Cl)c2n1. The summed E-state index contributed by atoms with van der Waals surface area (Å²) < 4.78 is 33.1. The van der Waals surface area contributed by atoms with Crippen molar-refractivity contribution >= 4 is 55.9 Å². The van der Waals surface area contributed by atoms with Gasteiger partial charge in [-0.2, -0.15) is 4.31 Å². The molecule has 0 unspecified atom stereocenters. The number of benzene rings is 1. The normalized spacial score (nSPS) is 12.3. The van der Waals surface area contributed by atoms with Crippen molar-refractivity contribution in [3.63, 3.8) is 0 Å². The fourth-order valence-electron chi connectivity index (χ4n) is 3.44. The highest BCUT2D eigenvalue weighted by Gasteiger charge is 2.22. The van der Waals surface area contributed by atoms with Gasteiger partial charge < -0.3 is 14.2 Å². The molecule has 35 heavy (non-hydrogen) atoms. The van der Waals surface area contributed by atoms with Crippen molar-refractivity contribution in [2.45, 2.75) is 32.8 Å². The molecular formula is C23H29Cl2N5O4S. The lowest BCUT2D eigenvalue weighted by Crippen LogP contribution is -2.39. The molecule has 1 aromatic carbocycles. The van der Waals surface area contributed by atoms with E-state index in [1.54, 1.807) is 46.4 Å². The number of rotatable bonds is 9. The maximum Gasteiger partial charge on any atom is 0.307 e. The molecule has 0 atom stereocenters. The average Bonchev–Trinajstić information content (AvgIpc) is 3.28. The number of ether oxygens (including phenoxy) is 1. The van der Waals surface area contributed by atoms with Gasteiger partial charge >= 0.3 is 5.97 Å². The van der Waals surface area contributed by atoms with Crippen molar-refractivity contribution in [3.8, 4) is 5.69 Å². The van der Waals surface area contributed by atoms with Gasteiger partial charge in [-0.1, -0.05) is 23.2 Å². The van der Waals surface area contributed by atoms with Crippen molar-refractivity contribution in [2.75, 3.05) is 37.8 Å². The first kappa shape index (κ1) is 27.2. The van der Waals surface area contributed by atoms with E-state index in [1.807, 2.05) is 27.8 Å². The second-order valence-electron chi connectivity index (χ2n) is 9.15. The van der Waals surface area contributed by atoms with Crippen LogP contribution in [0.15, 0.2) is 36.9 Å². The topological polar surface area (TPSA) is 97.6 Å². The van der Waals surface area contributed by atoms with E-state index in [0.717, 1.165) is 17.3 Å². The quantitative estimate of drug-likeness (QED) is 0.375. The zero-order chi connectivity index (χ0) is 26.0. The second kappa shape index (κ2) is 10.7. The number of pyridine rings is 1. The third kappa shape index (κ3) is 7.07. The van der Waals surface area contributed by atoms with E-state index in [2.05, 4.69) is 4.98 Å². The molecular weight excluding hydrogens is 513 g/mol. The Labute approximate surface area is 215 Å². The van der Waals surface area contributed by atoms with Crippen molar-refractivity contribution in [1.82, 2.24) is 18.8 Å². The van der Waals surface area contributed by atoms with Crippen LogP contribution in [-0.4, -0.2) is 71.8 Å². The Balaban J connectivity index is 1.83. The summed E-state index contributed by atoms with van der Waals surface area (Å²) in [6.45, 7) is 5.80. The molecule has 190 valence electrons. The summed E-state index contributed by atoms with van der Waals surface area (Å²) in [6.07, 6.45) is 6.23. The monoisotopic (exact) mass is 541 g/mol. The fraction of sp³-hybridized carbons (Fsp3) is 0.435. The number of esters is 1. The smallest absolute Gasteiger partial charge is 0.307 e. The first-order valence-corrected chi connectivity index (χ1v) is 13.5. The number of carbonyl (C=O) groups excluding carboxylic acids is 1. The second-order valence-corrected chi connectivity index (χ2v) is 11.9. The van der Waals surface area contributed by atoms with Gasteiger partial charge in [0.1, 0.15) is 11.4 Å². The number of likely N-dealkylation sites (N-methyl/N-ethyl adjacent to an activating group) is 1. The Morgan fingerprint density at radius 3 is 2.49 bits per heavy atom. The zero-order valence-electron chi connectivity index (χ0n) is 20.3. The van der Waals surface area contributed by atoms with Gasteiger partial charge in [0.2, 0.25) is 10.0 Å². The van der Waals surface area contributed by atoms with Crippen LogP contribution in [0.25, 0.3) is 16.6 Å². The number of anilines is 1. The molecule has 0 fully saturated rings. The highest BCUT2D eigenvalue weighted by Crippen LogP contribution is 2.34. The first-order valence-electron chi connectivity index (χ1n) is 10.9. The van der Waals surface area contributed by atoms with E-state index in [1.165, 1.54) is 4.31 Å². The number of aromatic nitrogens is 3. The lowest BCUT2D eigenvalue weighted by atomic mass is 10.1. The highest BCUT2D eigenvalue weighted by molar-refractivity contribution is 7.88. The third-order valence-electron chi connectivity index (χ3n) is 5.15. The van der Waals surface area contributed by atoms with Gasteiger partial charge in [0.05, 0.1) is 40.3 Å². The summed E-state index contributed by atoms with van der Waals surface area (Å²) in [5.41, 5.74) is 0.696. The van der Waals surface area contributed by atoms with Crippen LogP contribution in [0, 0.1) is 0 Å². The Bertz CT molecular complexity index is 1310. The van der Waals surface area contributed by atoms with E-state index >= 15 is 0 Å². The molecule has 3 rings (SSSR count). The number of carbonyl (C=O) groups is 1. The van der Waals surface area contributed by atoms with Crippen LogP contribution < -0.4 is 4.90 Å². The van der Waals surface area contributed by atoms with Crippen LogP contribution in [0.1, 0.15) is 27.2 Å². The van der Waals surface area contributed by atoms with Crippen molar-refractivity contribution in [1.29, 1.82) is 0 Å². The van der Waals surface area contributed by atoms with Crippen molar-refractivity contribution < 1.29 is 17.9 Å². The van der Waals surface area contributed by atoms with E-state index in [0.29, 0.717) is 27.9 Å². The molecule has 2 heterocycles. The van der Waals surface area contributed by atoms with Gasteiger partial charge in [0.25, 0.3) is 0 Å². The summed E-state index contributed by atoms with van der Waals surface area (Å²) in [5, 5.41) is 1.51. The number of sulfonamides is 1. The third-order valence-corrected chi connectivity index (χ3v) is 7.25. The molecule has 0 radical (unpaired) electrons.